The lowest BCUT2D eigenvalue weighted by atomic mass is 9.75. The third-order valence-corrected chi connectivity index (χ3v) is 6.97. The topological polar surface area (TPSA) is 42.0 Å². The van der Waals surface area contributed by atoms with Crippen molar-refractivity contribution in [2.24, 2.45) is 5.92 Å². The van der Waals surface area contributed by atoms with Crippen molar-refractivity contribution in [2.75, 3.05) is 0 Å². The Morgan fingerprint density at radius 3 is 2.53 bits per heavy atom. The predicted octanol–water partition coefficient (Wildman–Crippen LogP) is 6.00. The van der Waals surface area contributed by atoms with Crippen LogP contribution in [0.15, 0.2) is 60.8 Å². The number of amides is 1. The maximum atomic E-state index is 13.8. The number of carbonyl (C=O) groups excluding carboxylic acids is 1. The zero-order valence-electron chi connectivity index (χ0n) is 17.1. The van der Waals surface area contributed by atoms with Crippen molar-refractivity contribution in [3.8, 4) is 0 Å². The first-order valence-electron chi connectivity index (χ1n) is 11.0. The molecule has 0 saturated heterocycles. The summed E-state index contributed by atoms with van der Waals surface area (Å²) in [6.45, 7) is 0. The number of rotatable bonds is 5. The van der Waals surface area contributed by atoms with Crippen LogP contribution in [0.1, 0.15) is 66.8 Å². The van der Waals surface area contributed by atoms with Gasteiger partial charge in [0.25, 0.3) is 5.91 Å². The molecule has 2 saturated carbocycles. The normalized spacial score (nSPS) is 22.6. The lowest BCUT2D eigenvalue weighted by Crippen LogP contribution is -2.38. The minimum atomic E-state index is -0.199. The van der Waals surface area contributed by atoms with E-state index < -0.39 is 0 Å². The van der Waals surface area contributed by atoms with Crippen molar-refractivity contribution >= 4 is 16.8 Å². The average Bonchev–Trinajstić information content (AvgIpc) is 3.53. The van der Waals surface area contributed by atoms with E-state index >= 15 is 0 Å². The van der Waals surface area contributed by atoms with Crippen LogP contribution in [-0.4, -0.2) is 16.4 Å². The maximum absolute atomic E-state index is 13.8. The number of benzene rings is 2. The van der Waals surface area contributed by atoms with Crippen molar-refractivity contribution in [3.63, 3.8) is 0 Å². The van der Waals surface area contributed by atoms with Crippen LogP contribution in [0.25, 0.3) is 10.9 Å². The van der Waals surface area contributed by atoms with Crippen LogP contribution in [0.5, 0.6) is 0 Å². The Morgan fingerprint density at radius 2 is 1.80 bits per heavy atom. The van der Waals surface area contributed by atoms with Crippen molar-refractivity contribution in [3.05, 3.63) is 77.7 Å². The molecular weight excluding hydrogens is 375 g/mol. The minimum absolute atomic E-state index is 0.00306. The third-order valence-electron chi connectivity index (χ3n) is 6.97. The Hall–Kier alpha value is -2.75. The second kappa shape index (κ2) is 7.82. The number of fused-ring (bicyclic) bond motifs is 1. The summed E-state index contributed by atoms with van der Waals surface area (Å²) in [6, 6.07) is 16.4. The lowest BCUT2D eigenvalue weighted by Gasteiger charge is -2.32. The van der Waals surface area contributed by atoms with Gasteiger partial charge in [-0.25, -0.2) is 4.39 Å². The first kappa shape index (κ1) is 19.2. The molecule has 1 aromatic heterocycles. The fourth-order valence-corrected chi connectivity index (χ4v) is 5.16. The van der Waals surface area contributed by atoms with Gasteiger partial charge in [-0.15, -0.1) is 0 Å². The fourth-order valence-electron chi connectivity index (χ4n) is 5.16. The van der Waals surface area contributed by atoms with E-state index in [-0.39, 0.29) is 17.3 Å². The highest BCUT2D eigenvalue weighted by Gasteiger charge is 2.45. The highest BCUT2D eigenvalue weighted by molar-refractivity contribution is 5.94. The molecule has 0 spiro atoms. The summed E-state index contributed by atoms with van der Waals surface area (Å²) < 4.78 is 13.8. The van der Waals surface area contributed by atoms with Crippen molar-refractivity contribution < 1.29 is 9.18 Å². The number of carbonyl (C=O) groups is 1. The maximum Gasteiger partial charge on any atom is 0.251 e. The molecule has 154 valence electrons. The minimum Gasteiger partial charge on any atom is -0.347 e. The van der Waals surface area contributed by atoms with E-state index in [4.69, 9.17) is 0 Å². The molecular formula is C26H27FN2O. The second-order valence-electron chi connectivity index (χ2n) is 9.08. The van der Waals surface area contributed by atoms with E-state index in [0.717, 1.165) is 61.4 Å². The Balaban J connectivity index is 1.22. The molecule has 5 rings (SSSR count). The van der Waals surface area contributed by atoms with E-state index in [1.165, 1.54) is 11.6 Å². The summed E-state index contributed by atoms with van der Waals surface area (Å²) in [5.41, 5.74) is 2.84. The third kappa shape index (κ3) is 3.96. The van der Waals surface area contributed by atoms with Crippen LogP contribution >= 0.6 is 0 Å². The molecule has 1 amide bonds. The SMILES string of the molecule is O=C(NC1(CC2CCC(c3ccnc4ccc(F)cc34)CC2)CC1)c1ccccc1. The van der Waals surface area contributed by atoms with E-state index in [2.05, 4.69) is 16.4 Å². The zero-order valence-corrected chi connectivity index (χ0v) is 17.1. The summed E-state index contributed by atoms with van der Waals surface area (Å²) in [7, 11) is 0. The molecule has 3 nitrogen and oxygen atoms in total. The van der Waals surface area contributed by atoms with Gasteiger partial charge in [0, 0.05) is 22.7 Å². The standard InChI is InChI=1S/C26H27FN2O/c27-21-10-11-24-23(16-21)22(12-15-28-24)19-8-6-18(7-9-19)17-26(13-14-26)29-25(30)20-4-2-1-3-5-20/h1-5,10-12,15-16,18-19H,6-9,13-14,17H2,(H,29,30). The lowest BCUT2D eigenvalue weighted by molar-refractivity contribution is 0.0921. The largest absolute Gasteiger partial charge is 0.347 e. The van der Waals surface area contributed by atoms with Gasteiger partial charge in [-0.2, -0.15) is 0 Å². The first-order valence-corrected chi connectivity index (χ1v) is 11.0. The highest BCUT2D eigenvalue weighted by atomic mass is 19.1. The summed E-state index contributed by atoms with van der Waals surface area (Å²) in [5.74, 6) is 0.953. The molecule has 0 unspecified atom stereocenters. The Labute approximate surface area is 176 Å². The molecule has 0 atom stereocenters. The van der Waals surface area contributed by atoms with Gasteiger partial charge in [-0.3, -0.25) is 9.78 Å². The van der Waals surface area contributed by atoms with Gasteiger partial charge < -0.3 is 5.32 Å². The number of pyridine rings is 1. The number of hydrogen-bond acceptors (Lipinski definition) is 2. The van der Waals surface area contributed by atoms with Gasteiger partial charge >= 0.3 is 0 Å². The number of halogens is 1. The van der Waals surface area contributed by atoms with Crippen molar-refractivity contribution in [1.82, 2.24) is 10.3 Å². The van der Waals surface area contributed by atoms with Crippen LogP contribution in [0.3, 0.4) is 0 Å². The molecule has 2 aromatic carbocycles. The molecule has 1 N–H and O–H groups in total. The van der Waals surface area contributed by atoms with E-state index in [1.54, 1.807) is 12.1 Å². The first-order chi connectivity index (χ1) is 14.6. The van der Waals surface area contributed by atoms with Crippen LogP contribution in [0.4, 0.5) is 4.39 Å². The van der Waals surface area contributed by atoms with Gasteiger partial charge in [-0.05, 0) is 98.7 Å². The molecule has 0 radical (unpaired) electrons. The Morgan fingerprint density at radius 1 is 1.03 bits per heavy atom. The summed E-state index contributed by atoms with van der Waals surface area (Å²) in [4.78, 5) is 17.0. The molecule has 2 aliphatic rings. The molecule has 3 aromatic rings. The van der Waals surface area contributed by atoms with Gasteiger partial charge in [-0.1, -0.05) is 18.2 Å². The second-order valence-corrected chi connectivity index (χ2v) is 9.08. The quantitative estimate of drug-likeness (QED) is 0.569. The van der Waals surface area contributed by atoms with E-state index in [1.807, 2.05) is 36.5 Å². The van der Waals surface area contributed by atoms with Crippen molar-refractivity contribution in [1.29, 1.82) is 0 Å². The van der Waals surface area contributed by atoms with E-state index in [0.29, 0.717) is 11.8 Å². The molecule has 0 bridgehead atoms. The molecule has 4 heteroatoms. The van der Waals surface area contributed by atoms with Crippen LogP contribution < -0.4 is 5.32 Å². The van der Waals surface area contributed by atoms with Gasteiger partial charge in [0.2, 0.25) is 0 Å². The Kier molecular flexibility index (Phi) is 5.01. The van der Waals surface area contributed by atoms with Gasteiger partial charge in [0.1, 0.15) is 5.82 Å². The molecule has 2 fully saturated rings. The zero-order chi connectivity index (χ0) is 20.6. The molecule has 2 aliphatic carbocycles. The van der Waals surface area contributed by atoms with Gasteiger partial charge in [0.05, 0.1) is 5.52 Å². The summed E-state index contributed by atoms with van der Waals surface area (Å²) in [5, 5.41) is 4.27. The summed E-state index contributed by atoms with van der Waals surface area (Å²) in [6.07, 6.45) is 9.63. The van der Waals surface area contributed by atoms with Crippen LogP contribution in [0, 0.1) is 11.7 Å². The summed E-state index contributed by atoms with van der Waals surface area (Å²) >= 11 is 0. The number of nitrogens with zero attached hydrogens (tertiary/aromatic N) is 1. The molecule has 0 aliphatic heterocycles. The van der Waals surface area contributed by atoms with Gasteiger partial charge in [0.15, 0.2) is 0 Å². The highest BCUT2D eigenvalue weighted by Crippen LogP contribution is 2.47. The fraction of sp³-hybridized carbons (Fsp3) is 0.385. The average molecular weight is 403 g/mol. The van der Waals surface area contributed by atoms with Crippen molar-refractivity contribution in [2.45, 2.75) is 56.4 Å². The Bertz CT molecular complexity index is 1050. The molecule has 1 heterocycles. The van der Waals surface area contributed by atoms with E-state index in [9.17, 15) is 9.18 Å². The van der Waals surface area contributed by atoms with Crippen LogP contribution in [-0.2, 0) is 0 Å². The number of hydrogen-bond donors (Lipinski definition) is 1. The van der Waals surface area contributed by atoms with Crippen LogP contribution in [0.2, 0.25) is 0 Å². The monoisotopic (exact) mass is 402 g/mol. The number of aromatic nitrogens is 1. The molecule has 30 heavy (non-hydrogen) atoms. The number of nitrogens with one attached hydrogen (secondary N) is 1. The smallest absolute Gasteiger partial charge is 0.251 e. The predicted molar refractivity (Wildman–Crippen MR) is 117 cm³/mol.